The molecule has 0 aliphatic rings. The molecule has 0 aliphatic heterocycles. The lowest BCUT2D eigenvalue weighted by molar-refractivity contribution is 0.475. The van der Waals surface area contributed by atoms with Crippen molar-refractivity contribution in [1.29, 1.82) is 0 Å². The lowest BCUT2D eigenvalue weighted by Crippen LogP contribution is -2.12. The summed E-state index contributed by atoms with van der Waals surface area (Å²) < 4.78 is 27.3. The van der Waals surface area contributed by atoms with Gasteiger partial charge in [-0.05, 0) is 42.5 Å². The minimum absolute atomic E-state index is 0.0796. The van der Waals surface area contributed by atoms with Crippen LogP contribution in [0.15, 0.2) is 51.8 Å². The number of aromatic hydroxyl groups is 1. The third-order valence-electron chi connectivity index (χ3n) is 2.32. The second kappa shape index (κ2) is 5.40. The highest BCUT2D eigenvalue weighted by Gasteiger charge is 2.14. The molecule has 0 aliphatic carbocycles. The molecule has 0 aromatic heterocycles. The number of phenols is 1. The predicted octanol–water partition coefficient (Wildman–Crippen LogP) is 3.61. The van der Waals surface area contributed by atoms with Crippen molar-refractivity contribution < 1.29 is 13.5 Å². The summed E-state index contributed by atoms with van der Waals surface area (Å²) in [5.41, 5.74) is 0.283. The zero-order valence-electron chi connectivity index (χ0n) is 9.47. The van der Waals surface area contributed by atoms with Gasteiger partial charge in [0, 0.05) is 4.47 Å². The van der Waals surface area contributed by atoms with Crippen molar-refractivity contribution in [2.24, 2.45) is 0 Å². The first kappa shape index (κ1) is 14.2. The molecule has 2 aromatic rings. The fraction of sp³-hybridized carbons (Fsp3) is 0. The van der Waals surface area contributed by atoms with Gasteiger partial charge >= 0.3 is 0 Å². The molecule has 0 saturated heterocycles. The van der Waals surface area contributed by atoms with Gasteiger partial charge < -0.3 is 5.11 Å². The van der Waals surface area contributed by atoms with E-state index in [4.69, 9.17) is 11.6 Å². The molecular formula is C12H9BrClNO3S. The van der Waals surface area contributed by atoms with Gasteiger partial charge in [-0.15, -0.1) is 0 Å². The molecule has 0 unspecified atom stereocenters. The number of halogens is 2. The van der Waals surface area contributed by atoms with Crippen LogP contribution in [0.5, 0.6) is 5.75 Å². The lowest BCUT2D eigenvalue weighted by Gasteiger charge is -2.09. The molecule has 0 fully saturated rings. The fourth-order valence-corrected chi connectivity index (χ4v) is 2.89. The van der Waals surface area contributed by atoms with Crippen molar-refractivity contribution in [3.63, 3.8) is 0 Å². The maximum absolute atomic E-state index is 12.1. The van der Waals surface area contributed by atoms with E-state index in [1.807, 2.05) is 0 Å². The van der Waals surface area contributed by atoms with E-state index in [1.165, 1.54) is 30.3 Å². The van der Waals surface area contributed by atoms with Crippen LogP contribution in [0.3, 0.4) is 0 Å². The lowest BCUT2D eigenvalue weighted by atomic mass is 10.3. The predicted molar refractivity (Wildman–Crippen MR) is 78.1 cm³/mol. The number of anilines is 1. The van der Waals surface area contributed by atoms with Crippen LogP contribution >= 0.6 is 27.5 Å². The SMILES string of the molecule is O=S(=O)(Nc1ccc(O)c(Cl)c1)c1ccc(Br)cc1. The van der Waals surface area contributed by atoms with Gasteiger partial charge in [0.15, 0.2) is 0 Å². The van der Waals surface area contributed by atoms with Gasteiger partial charge in [0.1, 0.15) is 5.75 Å². The Bertz CT molecular complexity index is 701. The van der Waals surface area contributed by atoms with Gasteiger partial charge in [-0.2, -0.15) is 0 Å². The van der Waals surface area contributed by atoms with Crippen LogP contribution in [0, 0.1) is 0 Å². The summed E-state index contributed by atoms with van der Waals surface area (Å²) in [7, 11) is -3.67. The molecule has 0 bridgehead atoms. The van der Waals surface area contributed by atoms with Crippen LogP contribution in [0.1, 0.15) is 0 Å². The standard InChI is InChI=1S/C12H9BrClNO3S/c13-8-1-4-10(5-2-8)19(17,18)15-9-3-6-12(16)11(14)7-9/h1-7,15-16H. The number of rotatable bonds is 3. The smallest absolute Gasteiger partial charge is 0.261 e. The Labute approximate surface area is 124 Å². The van der Waals surface area contributed by atoms with E-state index >= 15 is 0 Å². The van der Waals surface area contributed by atoms with Gasteiger partial charge in [-0.3, -0.25) is 4.72 Å². The molecule has 2 aromatic carbocycles. The molecule has 7 heteroatoms. The summed E-state index contributed by atoms with van der Waals surface area (Å²) >= 11 is 8.95. The topological polar surface area (TPSA) is 66.4 Å². The van der Waals surface area contributed by atoms with Crippen molar-refractivity contribution in [1.82, 2.24) is 0 Å². The van der Waals surface area contributed by atoms with Crippen LogP contribution < -0.4 is 4.72 Å². The summed E-state index contributed by atoms with van der Waals surface area (Å²) in [5, 5.41) is 9.35. The van der Waals surface area contributed by atoms with Crippen LogP contribution in [-0.2, 0) is 10.0 Å². The van der Waals surface area contributed by atoms with Gasteiger partial charge in [-0.25, -0.2) is 8.42 Å². The van der Waals surface area contributed by atoms with E-state index in [0.29, 0.717) is 0 Å². The Hall–Kier alpha value is -1.24. The van der Waals surface area contributed by atoms with E-state index in [2.05, 4.69) is 20.7 Å². The molecule has 4 nitrogen and oxygen atoms in total. The molecule has 19 heavy (non-hydrogen) atoms. The number of nitrogens with one attached hydrogen (secondary N) is 1. The third kappa shape index (κ3) is 3.40. The highest BCUT2D eigenvalue weighted by atomic mass is 79.9. The molecule has 100 valence electrons. The molecule has 0 radical (unpaired) electrons. The van der Waals surface area contributed by atoms with Crippen LogP contribution in [0.4, 0.5) is 5.69 Å². The summed E-state index contributed by atoms with van der Waals surface area (Å²) in [4.78, 5) is 0.139. The first-order valence-corrected chi connectivity index (χ1v) is 7.81. The van der Waals surface area contributed by atoms with Crippen molar-refractivity contribution >= 4 is 43.2 Å². The molecule has 0 heterocycles. The fourth-order valence-electron chi connectivity index (χ4n) is 1.40. The van der Waals surface area contributed by atoms with Crippen LogP contribution in [0.2, 0.25) is 5.02 Å². The van der Waals surface area contributed by atoms with Crippen molar-refractivity contribution in [2.75, 3.05) is 4.72 Å². The largest absolute Gasteiger partial charge is 0.506 e. The van der Waals surface area contributed by atoms with E-state index in [0.717, 1.165) is 4.47 Å². The quantitative estimate of drug-likeness (QED) is 0.820. The number of benzene rings is 2. The Morgan fingerprint density at radius 3 is 2.32 bits per heavy atom. The molecule has 0 saturated carbocycles. The van der Waals surface area contributed by atoms with Gasteiger partial charge in [0.2, 0.25) is 0 Å². The summed E-state index contributed by atoms with van der Waals surface area (Å²) in [5.74, 6) is -0.103. The number of sulfonamides is 1. The van der Waals surface area contributed by atoms with Gasteiger partial charge in [0.25, 0.3) is 10.0 Å². The number of hydrogen-bond donors (Lipinski definition) is 2. The van der Waals surface area contributed by atoms with Crippen molar-refractivity contribution in [3.05, 3.63) is 52.0 Å². The average Bonchev–Trinajstić information content (AvgIpc) is 2.34. The minimum atomic E-state index is -3.67. The average molecular weight is 363 g/mol. The Morgan fingerprint density at radius 1 is 1.11 bits per heavy atom. The monoisotopic (exact) mass is 361 g/mol. The number of phenolic OH excluding ortho intramolecular Hbond substituents is 1. The normalized spacial score (nSPS) is 11.3. The van der Waals surface area contributed by atoms with E-state index < -0.39 is 10.0 Å². The van der Waals surface area contributed by atoms with Crippen LogP contribution in [0.25, 0.3) is 0 Å². The van der Waals surface area contributed by atoms with Crippen LogP contribution in [-0.4, -0.2) is 13.5 Å². The zero-order chi connectivity index (χ0) is 14.0. The Morgan fingerprint density at radius 2 is 1.74 bits per heavy atom. The highest BCUT2D eigenvalue weighted by Crippen LogP contribution is 2.27. The third-order valence-corrected chi connectivity index (χ3v) is 4.55. The Kier molecular flexibility index (Phi) is 4.03. The van der Waals surface area contributed by atoms with Crippen molar-refractivity contribution in [3.8, 4) is 5.75 Å². The highest BCUT2D eigenvalue weighted by molar-refractivity contribution is 9.10. The summed E-state index contributed by atoms with van der Waals surface area (Å²) in [6, 6.07) is 10.3. The molecule has 0 spiro atoms. The molecule has 0 amide bonds. The molecule has 2 N–H and O–H groups in total. The first-order chi connectivity index (χ1) is 8.88. The van der Waals surface area contributed by atoms with Crippen molar-refractivity contribution in [2.45, 2.75) is 4.90 Å². The first-order valence-electron chi connectivity index (χ1n) is 5.15. The second-order valence-electron chi connectivity index (χ2n) is 3.73. The van der Waals surface area contributed by atoms with E-state index in [1.54, 1.807) is 12.1 Å². The molecule has 0 atom stereocenters. The minimum Gasteiger partial charge on any atom is -0.506 e. The number of hydrogen-bond acceptors (Lipinski definition) is 3. The zero-order valence-corrected chi connectivity index (χ0v) is 12.6. The Balaban J connectivity index is 2.30. The maximum Gasteiger partial charge on any atom is 0.261 e. The summed E-state index contributed by atoms with van der Waals surface area (Å²) in [6.07, 6.45) is 0. The van der Waals surface area contributed by atoms with E-state index in [-0.39, 0.29) is 21.4 Å². The summed E-state index contributed by atoms with van der Waals surface area (Å²) in [6.45, 7) is 0. The van der Waals surface area contributed by atoms with Gasteiger partial charge in [-0.1, -0.05) is 27.5 Å². The molecular weight excluding hydrogens is 354 g/mol. The maximum atomic E-state index is 12.1. The van der Waals surface area contributed by atoms with E-state index in [9.17, 15) is 13.5 Å². The van der Waals surface area contributed by atoms with Gasteiger partial charge in [0.05, 0.1) is 15.6 Å². The molecule has 2 rings (SSSR count). The second-order valence-corrected chi connectivity index (χ2v) is 6.73.